The molecule has 1 unspecified atom stereocenters. The lowest BCUT2D eigenvalue weighted by Gasteiger charge is -2.14. The Morgan fingerprint density at radius 3 is 1.70 bits per heavy atom. The van der Waals surface area contributed by atoms with E-state index in [2.05, 4.69) is 16.0 Å². The van der Waals surface area contributed by atoms with Crippen molar-refractivity contribution in [3.8, 4) is 0 Å². The molecule has 2 aromatic carbocycles. The molecule has 0 fully saturated rings. The number of amides is 3. The van der Waals surface area contributed by atoms with Crippen LogP contribution in [0.5, 0.6) is 0 Å². The van der Waals surface area contributed by atoms with Crippen LogP contribution in [0.15, 0.2) is 48.5 Å². The average Bonchev–Trinajstić information content (AvgIpc) is 2.63. The first kappa shape index (κ1) is 20.1. The summed E-state index contributed by atoms with van der Waals surface area (Å²) in [4.78, 5) is 36.5. The number of hydrogen-bond acceptors (Lipinski definition) is 3. The molecule has 0 aliphatic carbocycles. The summed E-state index contributed by atoms with van der Waals surface area (Å²) >= 11 is 0. The average molecular weight is 369 g/mol. The van der Waals surface area contributed by atoms with Crippen molar-refractivity contribution in [1.29, 1.82) is 0 Å². The minimum absolute atomic E-state index is 0.151. The van der Waals surface area contributed by atoms with E-state index in [9.17, 15) is 14.4 Å². The number of carbonyl (C=O) groups excluding carboxylic acids is 3. The molecule has 0 aromatic heterocycles. The van der Waals surface area contributed by atoms with Crippen LogP contribution in [-0.2, 0) is 9.59 Å². The number of hydrogen-bond donors (Lipinski definition) is 4. The molecule has 0 aliphatic heterocycles. The third-order valence-electron chi connectivity index (χ3n) is 3.92. The molecule has 4 N–H and O–H groups in total. The highest BCUT2D eigenvalue weighted by Gasteiger charge is 2.14. The number of likely N-dealkylation sites (N-methyl/N-ethyl adjacent to an activating group) is 1. The van der Waals surface area contributed by atoms with E-state index in [1.54, 1.807) is 38.4 Å². The molecule has 0 saturated heterocycles. The number of aryl methyl sites for hydroxylation is 1. The van der Waals surface area contributed by atoms with Crippen molar-refractivity contribution in [1.82, 2.24) is 5.32 Å². The molecule has 7 nitrogen and oxygen atoms in total. The molecule has 0 aliphatic rings. The second kappa shape index (κ2) is 9.49. The van der Waals surface area contributed by atoms with Crippen molar-refractivity contribution in [2.75, 3.05) is 37.8 Å². The SMILES string of the molecule is CNC(=O)c1ccc(NC(=O)C[NH+](C)CC(=O)Nc2ccc(C)cc2)cc1. The fourth-order valence-electron chi connectivity index (χ4n) is 2.51. The number of nitrogens with one attached hydrogen (secondary N) is 4. The van der Waals surface area contributed by atoms with Crippen LogP contribution in [-0.4, -0.2) is 44.9 Å². The Labute approximate surface area is 158 Å². The molecule has 0 bridgehead atoms. The smallest absolute Gasteiger partial charge is 0.279 e. The van der Waals surface area contributed by atoms with Crippen LogP contribution in [0.25, 0.3) is 0 Å². The van der Waals surface area contributed by atoms with Crippen LogP contribution in [0.1, 0.15) is 15.9 Å². The molecule has 27 heavy (non-hydrogen) atoms. The van der Waals surface area contributed by atoms with Crippen molar-refractivity contribution >= 4 is 29.1 Å². The molecule has 0 spiro atoms. The van der Waals surface area contributed by atoms with Gasteiger partial charge >= 0.3 is 0 Å². The summed E-state index contributed by atoms with van der Waals surface area (Å²) in [5.41, 5.74) is 2.98. The Balaban J connectivity index is 1.79. The van der Waals surface area contributed by atoms with Gasteiger partial charge in [-0.15, -0.1) is 0 Å². The second-order valence-corrected chi connectivity index (χ2v) is 6.43. The molecule has 0 heterocycles. The molecule has 2 rings (SSSR count). The first-order valence-electron chi connectivity index (χ1n) is 8.67. The topological polar surface area (TPSA) is 91.7 Å². The quantitative estimate of drug-likeness (QED) is 0.571. The first-order valence-corrected chi connectivity index (χ1v) is 8.67. The highest BCUT2D eigenvalue weighted by molar-refractivity contribution is 5.96. The molecule has 0 saturated carbocycles. The maximum absolute atomic E-state index is 12.1. The van der Waals surface area contributed by atoms with Crippen LogP contribution in [0.3, 0.4) is 0 Å². The van der Waals surface area contributed by atoms with Gasteiger partial charge in [-0.3, -0.25) is 14.4 Å². The highest BCUT2D eigenvalue weighted by atomic mass is 16.2. The second-order valence-electron chi connectivity index (χ2n) is 6.43. The van der Waals surface area contributed by atoms with Gasteiger partial charge in [0, 0.05) is 24.0 Å². The first-order chi connectivity index (χ1) is 12.9. The molecular weight excluding hydrogens is 344 g/mol. The lowest BCUT2D eigenvalue weighted by molar-refractivity contribution is -0.862. The van der Waals surface area contributed by atoms with E-state index in [1.807, 2.05) is 31.2 Å². The molecule has 7 heteroatoms. The third-order valence-corrected chi connectivity index (χ3v) is 3.92. The summed E-state index contributed by atoms with van der Waals surface area (Å²) in [6.45, 7) is 2.31. The molecule has 3 amide bonds. The van der Waals surface area contributed by atoms with Gasteiger partial charge in [0.2, 0.25) is 0 Å². The molecule has 0 radical (unpaired) electrons. The summed E-state index contributed by atoms with van der Waals surface area (Å²) < 4.78 is 0. The lowest BCUT2D eigenvalue weighted by Crippen LogP contribution is -3.11. The van der Waals surface area contributed by atoms with Crippen LogP contribution >= 0.6 is 0 Å². The number of carbonyl (C=O) groups is 3. The van der Waals surface area contributed by atoms with E-state index in [-0.39, 0.29) is 30.8 Å². The Bertz CT molecular complexity index is 801. The maximum atomic E-state index is 12.1. The van der Waals surface area contributed by atoms with E-state index in [1.165, 1.54) is 0 Å². The zero-order valence-electron chi connectivity index (χ0n) is 15.8. The van der Waals surface area contributed by atoms with Gasteiger partial charge in [0.25, 0.3) is 17.7 Å². The normalized spacial score (nSPS) is 11.4. The van der Waals surface area contributed by atoms with Gasteiger partial charge in [-0.1, -0.05) is 17.7 Å². The third kappa shape index (κ3) is 6.56. The van der Waals surface area contributed by atoms with Gasteiger partial charge in [0.05, 0.1) is 7.05 Å². The Morgan fingerprint density at radius 1 is 0.815 bits per heavy atom. The summed E-state index contributed by atoms with van der Waals surface area (Å²) in [6.07, 6.45) is 0. The molecular formula is C20H25N4O3+. The largest absolute Gasteiger partial charge is 0.355 e. The fraction of sp³-hybridized carbons (Fsp3) is 0.250. The van der Waals surface area contributed by atoms with Crippen molar-refractivity contribution in [2.24, 2.45) is 0 Å². The number of anilines is 2. The predicted octanol–water partition coefficient (Wildman–Crippen LogP) is 0.447. The van der Waals surface area contributed by atoms with Crippen molar-refractivity contribution in [3.05, 3.63) is 59.7 Å². The Kier molecular flexibility index (Phi) is 7.08. The number of rotatable bonds is 7. The summed E-state index contributed by atoms with van der Waals surface area (Å²) in [5, 5.41) is 8.12. The van der Waals surface area contributed by atoms with Gasteiger partial charge in [-0.2, -0.15) is 0 Å². The van der Waals surface area contributed by atoms with E-state index in [0.29, 0.717) is 11.3 Å². The fourth-order valence-corrected chi connectivity index (χ4v) is 2.51. The predicted molar refractivity (Wildman–Crippen MR) is 105 cm³/mol. The molecule has 1 atom stereocenters. The summed E-state index contributed by atoms with van der Waals surface area (Å²) in [6, 6.07) is 14.2. The van der Waals surface area contributed by atoms with E-state index < -0.39 is 0 Å². The zero-order chi connectivity index (χ0) is 19.8. The maximum Gasteiger partial charge on any atom is 0.279 e. The summed E-state index contributed by atoms with van der Waals surface area (Å²) in [5.74, 6) is -0.543. The lowest BCUT2D eigenvalue weighted by atomic mass is 10.2. The van der Waals surface area contributed by atoms with Gasteiger partial charge in [0.15, 0.2) is 13.1 Å². The van der Waals surface area contributed by atoms with Crippen LogP contribution < -0.4 is 20.9 Å². The molecule has 142 valence electrons. The molecule has 2 aromatic rings. The Hall–Kier alpha value is -3.19. The number of quaternary nitrogens is 1. The summed E-state index contributed by atoms with van der Waals surface area (Å²) in [7, 11) is 3.34. The minimum atomic E-state index is -0.205. The highest BCUT2D eigenvalue weighted by Crippen LogP contribution is 2.09. The zero-order valence-corrected chi connectivity index (χ0v) is 15.8. The van der Waals surface area contributed by atoms with Gasteiger partial charge in [0.1, 0.15) is 0 Å². The van der Waals surface area contributed by atoms with Crippen molar-refractivity contribution in [3.63, 3.8) is 0 Å². The van der Waals surface area contributed by atoms with Crippen LogP contribution in [0.4, 0.5) is 11.4 Å². The van der Waals surface area contributed by atoms with Crippen molar-refractivity contribution in [2.45, 2.75) is 6.92 Å². The van der Waals surface area contributed by atoms with E-state index in [0.717, 1.165) is 16.2 Å². The van der Waals surface area contributed by atoms with Crippen LogP contribution in [0, 0.1) is 6.92 Å². The van der Waals surface area contributed by atoms with Gasteiger partial charge in [-0.05, 0) is 43.3 Å². The van der Waals surface area contributed by atoms with Crippen LogP contribution in [0.2, 0.25) is 0 Å². The minimum Gasteiger partial charge on any atom is -0.355 e. The van der Waals surface area contributed by atoms with Gasteiger partial charge in [-0.25, -0.2) is 0 Å². The number of benzene rings is 2. The monoisotopic (exact) mass is 369 g/mol. The van der Waals surface area contributed by atoms with E-state index >= 15 is 0 Å². The van der Waals surface area contributed by atoms with Crippen molar-refractivity contribution < 1.29 is 19.3 Å². The van der Waals surface area contributed by atoms with Gasteiger partial charge < -0.3 is 20.9 Å². The standard InChI is InChI=1S/C20H24N4O3/c1-14-4-8-16(9-5-14)22-18(25)12-24(3)13-19(26)23-17-10-6-15(7-11-17)20(27)21-2/h4-11H,12-13H2,1-3H3,(H,21,27)(H,22,25)(H,23,26)/p+1. The van der Waals surface area contributed by atoms with E-state index in [4.69, 9.17) is 0 Å². The Morgan fingerprint density at radius 2 is 1.26 bits per heavy atom.